The number of likely N-dealkylation sites (tertiary alicyclic amines) is 1. The van der Waals surface area contributed by atoms with Gasteiger partial charge in [-0.1, -0.05) is 26.0 Å². The van der Waals surface area contributed by atoms with Gasteiger partial charge in [0.25, 0.3) is 0 Å². The van der Waals surface area contributed by atoms with E-state index in [-0.39, 0.29) is 0 Å². The van der Waals surface area contributed by atoms with Crippen molar-refractivity contribution >= 4 is 0 Å². The summed E-state index contributed by atoms with van der Waals surface area (Å²) in [4.78, 5) is 2.54. The van der Waals surface area contributed by atoms with Crippen molar-refractivity contribution in [1.82, 2.24) is 10.2 Å². The van der Waals surface area contributed by atoms with Crippen molar-refractivity contribution in [2.75, 3.05) is 32.8 Å². The van der Waals surface area contributed by atoms with Gasteiger partial charge < -0.3 is 15.0 Å². The van der Waals surface area contributed by atoms with Gasteiger partial charge in [-0.25, -0.2) is 0 Å². The third-order valence-electron chi connectivity index (χ3n) is 4.02. The summed E-state index contributed by atoms with van der Waals surface area (Å²) in [5.41, 5.74) is 1.33. The number of benzene rings is 1. The maximum Gasteiger partial charge on any atom is 0.119 e. The highest BCUT2D eigenvalue weighted by atomic mass is 16.5. The van der Waals surface area contributed by atoms with Gasteiger partial charge in [0.15, 0.2) is 0 Å². The maximum atomic E-state index is 5.74. The molecule has 0 saturated carbocycles. The zero-order valence-electron chi connectivity index (χ0n) is 13.6. The fourth-order valence-electron chi connectivity index (χ4n) is 2.59. The number of ether oxygens (including phenoxy) is 1. The van der Waals surface area contributed by atoms with Crippen molar-refractivity contribution in [3.8, 4) is 5.75 Å². The summed E-state index contributed by atoms with van der Waals surface area (Å²) in [6.45, 7) is 11.0. The van der Waals surface area contributed by atoms with Gasteiger partial charge in [-0.15, -0.1) is 0 Å². The zero-order chi connectivity index (χ0) is 14.9. The van der Waals surface area contributed by atoms with Crippen molar-refractivity contribution in [3.05, 3.63) is 29.8 Å². The Balaban J connectivity index is 1.60. The molecule has 0 unspecified atom stereocenters. The van der Waals surface area contributed by atoms with E-state index in [9.17, 15) is 0 Å². The SMILES string of the molecule is CC(C)CCOc1ccc(CNCCN2CCCC2)cc1. The van der Waals surface area contributed by atoms with E-state index in [1.165, 1.54) is 38.0 Å². The molecule has 0 aromatic heterocycles. The summed E-state index contributed by atoms with van der Waals surface area (Å²) in [6.07, 6.45) is 3.86. The lowest BCUT2D eigenvalue weighted by Gasteiger charge is -2.14. The summed E-state index contributed by atoms with van der Waals surface area (Å²) in [7, 11) is 0. The van der Waals surface area contributed by atoms with Gasteiger partial charge in [0.05, 0.1) is 6.61 Å². The van der Waals surface area contributed by atoms with Crippen LogP contribution in [0.5, 0.6) is 5.75 Å². The van der Waals surface area contributed by atoms with Gasteiger partial charge in [0.1, 0.15) is 5.75 Å². The first-order chi connectivity index (χ1) is 10.2. The van der Waals surface area contributed by atoms with Crippen LogP contribution < -0.4 is 10.1 Å². The molecule has 1 N–H and O–H groups in total. The second-order valence-corrected chi connectivity index (χ2v) is 6.40. The quantitative estimate of drug-likeness (QED) is 0.706. The van der Waals surface area contributed by atoms with E-state index in [1.807, 2.05) is 0 Å². The van der Waals surface area contributed by atoms with Crippen LogP contribution in [0.1, 0.15) is 38.7 Å². The third-order valence-corrected chi connectivity index (χ3v) is 4.02. The molecular formula is C18H30N2O. The second kappa shape index (κ2) is 9.06. The third kappa shape index (κ3) is 6.49. The molecule has 0 aliphatic carbocycles. The van der Waals surface area contributed by atoms with Gasteiger partial charge in [-0.05, 0) is 56.0 Å². The topological polar surface area (TPSA) is 24.5 Å². The Morgan fingerprint density at radius 1 is 1.14 bits per heavy atom. The van der Waals surface area contributed by atoms with Crippen LogP contribution in [0.4, 0.5) is 0 Å². The molecule has 118 valence electrons. The average Bonchev–Trinajstić information content (AvgIpc) is 2.98. The molecule has 3 nitrogen and oxygen atoms in total. The van der Waals surface area contributed by atoms with Crippen LogP contribution in [0.25, 0.3) is 0 Å². The average molecular weight is 290 g/mol. The minimum absolute atomic E-state index is 0.698. The first-order valence-corrected chi connectivity index (χ1v) is 8.39. The first kappa shape index (κ1) is 16.3. The predicted octanol–water partition coefficient (Wildman–Crippen LogP) is 3.30. The van der Waals surface area contributed by atoms with Crippen LogP contribution in [0.3, 0.4) is 0 Å². The second-order valence-electron chi connectivity index (χ2n) is 6.40. The summed E-state index contributed by atoms with van der Waals surface area (Å²) < 4.78 is 5.74. The summed E-state index contributed by atoms with van der Waals surface area (Å²) in [5.74, 6) is 1.68. The van der Waals surface area contributed by atoms with Crippen molar-refractivity contribution in [1.29, 1.82) is 0 Å². The highest BCUT2D eigenvalue weighted by Gasteiger charge is 2.09. The molecule has 0 atom stereocenters. The predicted molar refractivity (Wildman–Crippen MR) is 88.8 cm³/mol. The summed E-state index contributed by atoms with van der Waals surface area (Å²) >= 11 is 0. The van der Waals surface area contributed by atoms with Crippen molar-refractivity contribution in [3.63, 3.8) is 0 Å². The molecular weight excluding hydrogens is 260 g/mol. The van der Waals surface area contributed by atoms with E-state index in [2.05, 4.69) is 48.3 Å². The Labute approximate surface area is 129 Å². The lowest BCUT2D eigenvalue weighted by molar-refractivity contribution is 0.289. The maximum absolute atomic E-state index is 5.74. The molecule has 1 aromatic rings. The Hall–Kier alpha value is -1.06. The summed E-state index contributed by atoms with van der Waals surface area (Å²) in [5, 5.41) is 3.52. The van der Waals surface area contributed by atoms with Gasteiger partial charge in [0.2, 0.25) is 0 Å². The molecule has 0 bridgehead atoms. The fraction of sp³-hybridized carbons (Fsp3) is 0.667. The van der Waals surface area contributed by atoms with E-state index in [0.29, 0.717) is 5.92 Å². The van der Waals surface area contributed by atoms with E-state index < -0.39 is 0 Å². The molecule has 1 heterocycles. The Bertz CT molecular complexity index is 383. The first-order valence-electron chi connectivity index (χ1n) is 8.39. The lowest BCUT2D eigenvalue weighted by atomic mass is 10.1. The summed E-state index contributed by atoms with van der Waals surface area (Å²) in [6, 6.07) is 8.48. The number of nitrogens with zero attached hydrogens (tertiary/aromatic N) is 1. The Morgan fingerprint density at radius 2 is 1.86 bits per heavy atom. The molecule has 0 radical (unpaired) electrons. The molecule has 3 heteroatoms. The molecule has 1 aliphatic rings. The standard InChI is InChI=1S/C18H30N2O/c1-16(2)9-14-21-18-7-5-17(6-8-18)15-19-10-13-20-11-3-4-12-20/h5-8,16,19H,3-4,9-15H2,1-2H3. The molecule has 2 rings (SSSR count). The smallest absolute Gasteiger partial charge is 0.119 e. The molecule has 21 heavy (non-hydrogen) atoms. The van der Waals surface area contributed by atoms with Crippen molar-refractivity contribution in [2.24, 2.45) is 5.92 Å². The van der Waals surface area contributed by atoms with Gasteiger partial charge in [-0.2, -0.15) is 0 Å². The van der Waals surface area contributed by atoms with E-state index in [0.717, 1.165) is 31.9 Å². The van der Waals surface area contributed by atoms with Gasteiger partial charge in [-0.3, -0.25) is 0 Å². The number of hydrogen-bond acceptors (Lipinski definition) is 3. The van der Waals surface area contributed by atoms with Gasteiger partial charge in [0, 0.05) is 19.6 Å². The van der Waals surface area contributed by atoms with Crippen LogP contribution in [0, 0.1) is 5.92 Å². The zero-order valence-corrected chi connectivity index (χ0v) is 13.6. The van der Waals surface area contributed by atoms with Crippen LogP contribution in [-0.2, 0) is 6.54 Å². The molecule has 0 amide bonds. The minimum Gasteiger partial charge on any atom is -0.494 e. The van der Waals surface area contributed by atoms with Crippen LogP contribution in [-0.4, -0.2) is 37.7 Å². The Kier molecular flexibility index (Phi) is 7.04. The van der Waals surface area contributed by atoms with Crippen molar-refractivity contribution < 1.29 is 4.74 Å². The minimum atomic E-state index is 0.698. The molecule has 1 saturated heterocycles. The van der Waals surface area contributed by atoms with E-state index in [4.69, 9.17) is 4.74 Å². The molecule has 1 aromatic carbocycles. The highest BCUT2D eigenvalue weighted by molar-refractivity contribution is 5.27. The van der Waals surface area contributed by atoms with E-state index >= 15 is 0 Å². The van der Waals surface area contributed by atoms with Crippen molar-refractivity contribution in [2.45, 2.75) is 39.7 Å². The number of hydrogen-bond donors (Lipinski definition) is 1. The van der Waals surface area contributed by atoms with E-state index in [1.54, 1.807) is 0 Å². The number of rotatable bonds is 9. The van der Waals surface area contributed by atoms with Crippen LogP contribution in [0.2, 0.25) is 0 Å². The lowest BCUT2D eigenvalue weighted by Crippen LogP contribution is -2.29. The Morgan fingerprint density at radius 3 is 2.52 bits per heavy atom. The van der Waals surface area contributed by atoms with Gasteiger partial charge >= 0.3 is 0 Å². The molecule has 1 fully saturated rings. The monoisotopic (exact) mass is 290 g/mol. The normalized spacial score (nSPS) is 15.8. The highest BCUT2D eigenvalue weighted by Crippen LogP contribution is 2.13. The number of nitrogens with one attached hydrogen (secondary N) is 1. The van der Waals surface area contributed by atoms with Crippen LogP contribution >= 0.6 is 0 Å². The van der Waals surface area contributed by atoms with Crippen LogP contribution in [0.15, 0.2) is 24.3 Å². The molecule has 1 aliphatic heterocycles. The largest absolute Gasteiger partial charge is 0.494 e. The molecule has 0 spiro atoms. The fourth-order valence-corrected chi connectivity index (χ4v) is 2.59.